The third-order valence-electron chi connectivity index (χ3n) is 3.01. The van der Waals surface area contributed by atoms with E-state index in [4.69, 9.17) is 18.6 Å². The van der Waals surface area contributed by atoms with Gasteiger partial charge in [-0.1, -0.05) is 66.7 Å². The van der Waals surface area contributed by atoms with Crippen LogP contribution in [-0.4, -0.2) is 0 Å². The summed E-state index contributed by atoms with van der Waals surface area (Å²) in [5.74, 6) is 1.42. The van der Waals surface area contributed by atoms with Gasteiger partial charge in [0.15, 0.2) is 0 Å². The summed E-state index contributed by atoms with van der Waals surface area (Å²) in [4.78, 5) is 0. The second-order valence-corrected chi connectivity index (χ2v) is 6.76. The van der Waals surface area contributed by atoms with E-state index < -0.39 is 17.0 Å². The number of allylic oxidation sites excluding steroid dienone is 1. The van der Waals surface area contributed by atoms with Crippen molar-refractivity contribution in [1.29, 1.82) is 0 Å². The second kappa shape index (κ2) is 7.92. The van der Waals surface area contributed by atoms with E-state index >= 15 is 0 Å². The first-order chi connectivity index (χ1) is 9.35. The van der Waals surface area contributed by atoms with E-state index in [2.05, 4.69) is 66.7 Å². The number of hydrogen-bond donors (Lipinski definition) is 0. The SMILES string of the molecule is C1=Cc2ccccc2[C]1Cc1ccccc1.[Cl][Ti][Cl]. The summed E-state index contributed by atoms with van der Waals surface area (Å²) in [6, 6.07) is 19.2. The van der Waals surface area contributed by atoms with Crippen LogP contribution in [0.15, 0.2) is 60.7 Å². The Morgan fingerprint density at radius 2 is 1.42 bits per heavy atom. The molecule has 19 heavy (non-hydrogen) atoms. The van der Waals surface area contributed by atoms with Crippen LogP contribution in [0.1, 0.15) is 16.7 Å². The van der Waals surface area contributed by atoms with Crippen molar-refractivity contribution in [2.24, 2.45) is 0 Å². The van der Waals surface area contributed by atoms with Crippen molar-refractivity contribution in [2.45, 2.75) is 6.42 Å². The van der Waals surface area contributed by atoms with Crippen molar-refractivity contribution in [2.75, 3.05) is 0 Å². The van der Waals surface area contributed by atoms with Gasteiger partial charge in [-0.3, -0.25) is 0 Å². The van der Waals surface area contributed by atoms with E-state index in [1.807, 2.05) is 0 Å². The van der Waals surface area contributed by atoms with Gasteiger partial charge in [-0.05, 0) is 23.1 Å². The normalized spacial score (nSPS) is 12.5. The summed E-state index contributed by atoms with van der Waals surface area (Å²) >= 11 is -0.556. The first-order valence-electron chi connectivity index (χ1n) is 5.98. The van der Waals surface area contributed by atoms with E-state index in [0.717, 1.165) is 6.42 Å². The average molecular weight is 324 g/mol. The fourth-order valence-electron chi connectivity index (χ4n) is 2.18. The van der Waals surface area contributed by atoms with Crippen molar-refractivity contribution in [3.8, 4) is 0 Å². The number of rotatable bonds is 2. The predicted octanol–water partition coefficient (Wildman–Crippen LogP) is 5.26. The number of halogens is 2. The molecular weight excluding hydrogens is 311 g/mol. The van der Waals surface area contributed by atoms with Crippen molar-refractivity contribution in [3.05, 3.63) is 83.3 Å². The quantitative estimate of drug-likeness (QED) is 0.662. The molecule has 0 saturated carbocycles. The molecule has 1 aliphatic rings. The summed E-state index contributed by atoms with van der Waals surface area (Å²) in [5.41, 5.74) is 4.10. The van der Waals surface area contributed by atoms with Crippen LogP contribution in [-0.2, 0) is 23.5 Å². The van der Waals surface area contributed by atoms with Crippen molar-refractivity contribution >= 4 is 24.7 Å². The second-order valence-electron chi connectivity index (χ2n) is 4.18. The number of benzene rings is 2. The molecule has 2 aromatic carbocycles. The first kappa shape index (κ1) is 14.9. The van der Waals surface area contributed by atoms with E-state index in [1.54, 1.807) is 0 Å². The minimum absolute atomic E-state index is 0.556. The Hall–Kier alpha value is -0.526. The molecule has 0 bridgehead atoms. The van der Waals surface area contributed by atoms with Crippen LogP contribution in [0.2, 0.25) is 0 Å². The van der Waals surface area contributed by atoms with Gasteiger partial charge in [0.1, 0.15) is 0 Å². The van der Waals surface area contributed by atoms with Gasteiger partial charge < -0.3 is 0 Å². The van der Waals surface area contributed by atoms with E-state index in [9.17, 15) is 0 Å². The van der Waals surface area contributed by atoms with Gasteiger partial charge in [-0.25, -0.2) is 0 Å². The summed E-state index contributed by atoms with van der Waals surface area (Å²) < 4.78 is 0. The molecule has 0 unspecified atom stereocenters. The van der Waals surface area contributed by atoms with Crippen LogP contribution in [0, 0.1) is 5.92 Å². The number of fused-ring (bicyclic) bond motifs is 1. The molecule has 0 heterocycles. The Balaban J connectivity index is 0.000000408. The third-order valence-corrected chi connectivity index (χ3v) is 3.01. The van der Waals surface area contributed by atoms with Crippen LogP contribution in [0.3, 0.4) is 0 Å². The molecule has 1 aliphatic carbocycles. The van der Waals surface area contributed by atoms with Gasteiger partial charge in [0.05, 0.1) is 0 Å². The van der Waals surface area contributed by atoms with Crippen LogP contribution in [0.4, 0.5) is 0 Å². The summed E-state index contributed by atoms with van der Waals surface area (Å²) in [5, 5.41) is 0. The van der Waals surface area contributed by atoms with Gasteiger partial charge in [0.25, 0.3) is 0 Å². The zero-order valence-electron chi connectivity index (χ0n) is 10.3. The average Bonchev–Trinajstić information content (AvgIpc) is 2.85. The maximum absolute atomic E-state index is 4.89. The zero-order valence-corrected chi connectivity index (χ0v) is 13.4. The summed E-state index contributed by atoms with van der Waals surface area (Å²) in [6.07, 6.45) is 5.46. The van der Waals surface area contributed by atoms with Gasteiger partial charge in [-0.15, -0.1) is 0 Å². The molecule has 0 nitrogen and oxygen atoms in total. The minimum atomic E-state index is -0.556. The Kier molecular flexibility index (Phi) is 6.20. The van der Waals surface area contributed by atoms with Gasteiger partial charge in [0, 0.05) is 5.92 Å². The molecule has 2 aromatic rings. The molecule has 0 aliphatic heterocycles. The number of hydrogen-bond acceptors (Lipinski definition) is 0. The topological polar surface area (TPSA) is 0 Å². The Bertz CT molecular complexity index is 537. The fourth-order valence-corrected chi connectivity index (χ4v) is 2.18. The Morgan fingerprint density at radius 3 is 2.16 bits per heavy atom. The first-order valence-corrected chi connectivity index (χ1v) is 10.3. The molecule has 0 spiro atoms. The fraction of sp³-hybridized carbons (Fsp3) is 0.0625. The van der Waals surface area contributed by atoms with Crippen LogP contribution < -0.4 is 0 Å². The molecule has 1 radical (unpaired) electrons. The van der Waals surface area contributed by atoms with E-state index in [0.29, 0.717) is 0 Å². The monoisotopic (exact) mass is 323 g/mol. The zero-order chi connectivity index (χ0) is 13.5. The van der Waals surface area contributed by atoms with Crippen LogP contribution in [0.5, 0.6) is 0 Å². The standard InChI is InChI=1S/C16H13.2ClH.Ti/c1-2-6-13(7-3-1)12-15-11-10-14-8-4-5-9-16(14)15;;;/h1-11H,12H2;2*1H;/q;;;+2/p-2. The Labute approximate surface area is 131 Å². The molecule has 0 N–H and O–H groups in total. The van der Waals surface area contributed by atoms with Crippen LogP contribution >= 0.6 is 18.6 Å². The predicted molar refractivity (Wildman–Crippen MR) is 79.7 cm³/mol. The van der Waals surface area contributed by atoms with Crippen molar-refractivity contribution in [1.82, 2.24) is 0 Å². The third kappa shape index (κ3) is 4.22. The Morgan fingerprint density at radius 1 is 0.789 bits per heavy atom. The molecule has 3 rings (SSSR count). The summed E-state index contributed by atoms with van der Waals surface area (Å²) in [7, 11) is 9.78. The maximum atomic E-state index is 4.89. The molecule has 95 valence electrons. The van der Waals surface area contributed by atoms with Crippen molar-refractivity contribution < 1.29 is 17.0 Å². The molecular formula is C16H13Cl2Ti. The van der Waals surface area contributed by atoms with Crippen molar-refractivity contribution in [3.63, 3.8) is 0 Å². The van der Waals surface area contributed by atoms with E-state index in [-0.39, 0.29) is 0 Å². The molecule has 0 atom stereocenters. The molecule has 0 amide bonds. The molecule has 0 saturated heterocycles. The van der Waals surface area contributed by atoms with Gasteiger partial charge in [0.2, 0.25) is 0 Å². The molecule has 0 aromatic heterocycles. The van der Waals surface area contributed by atoms with Gasteiger partial charge in [-0.2, -0.15) is 0 Å². The van der Waals surface area contributed by atoms with E-state index in [1.165, 1.54) is 22.6 Å². The molecule has 3 heteroatoms. The summed E-state index contributed by atoms with van der Waals surface area (Å²) in [6.45, 7) is 0. The molecule has 0 fully saturated rings. The van der Waals surface area contributed by atoms with Crippen LogP contribution in [0.25, 0.3) is 6.08 Å². The van der Waals surface area contributed by atoms with Gasteiger partial charge >= 0.3 is 35.6 Å².